The van der Waals surface area contributed by atoms with E-state index in [-0.39, 0.29) is 0 Å². The Morgan fingerprint density at radius 1 is 0.600 bits per heavy atom. The van der Waals surface area contributed by atoms with Crippen molar-refractivity contribution < 1.29 is 67.1 Å². The normalized spacial score (nSPS) is 15.7. The second-order valence-electron chi connectivity index (χ2n) is 9.93. The van der Waals surface area contributed by atoms with Crippen LogP contribution in [0.5, 0.6) is 0 Å². The number of fused-ring (bicyclic) bond motifs is 1. The maximum atomic E-state index is 14.0. The molecule has 226 valence electrons. The van der Waals surface area contributed by atoms with Crippen LogP contribution >= 0.6 is 0 Å². The van der Waals surface area contributed by atoms with Crippen LogP contribution in [0.25, 0.3) is 11.6 Å². The average Bonchev–Trinajstić information content (AvgIpc) is 3.63. The summed E-state index contributed by atoms with van der Waals surface area (Å²) in [5.41, 5.74) is 0.418. The van der Waals surface area contributed by atoms with E-state index in [2.05, 4.69) is 67.6 Å². The van der Waals surface area contributed by atoms with E-state index in [1.165, 1.54) is 5.56 Å². The standard InChI is InChI=1S/C17H3BF10.C10H9.C6H5.Zr/c19-8-6(9(20)13(24)16(27)12(8)23)4-2-1-3-5(4)18-7-10(21)14(25)17(28)15(26)11(7)22;1-8-6-9-4-2-3-5-10(9)7-8;1-2-4-6-5-3-1;/h1-3H;2-7H,1H3;1-5H;. The zero-order chi connectivity index (χ0) is 32.6. The summed E-state index contributed by atoms with van der Waals surface area (Å²) in [5, 5.41) is 0. The van der Waals surface area contributed by atoms with Crippen molar-refractivity contribution >= 4 is 32.8 Å². The van der Waals surface area contributed by atoms with E-state index in [4.69, 9.17) is 0 Å². The van der Waals surface area contributed by atoms with E-state index >= 15 is 0 Å². The van der Waals surface area contributed by atoms with E-state index in [9.17, 15) is 43.9 Å². The molecule has 0 aromatic heterocycles. The van der Waals surface area contributed by atoms with Crippen molar-refractivity contribution in [3.8, 4) is 0 Å². The first-order valence-electron chi connectivity index (χ1n) is 13.1. The third-order valence-corrected chi connectivity index (χ3v) is 11.3. The third-order valence-electron chi connectivity index (χ3n) is 7.10. The SMILES string of the molecule is CC1=Cc2ccccc2[CH]1[Zr][c]1ccccc1.Fc1c(F)c(F)c(B=C2C=CC=C2c2c(F)c(F)c(F)c(F)c2F)c(F)c1F. The Morgan fingerprint density at radius 3 is 1.71 bits per heavy atom. The fourth-order valence-electron chi connectivity index (χ4n) is 4.90. The van der Waals surface area contributed by atoms with Gasteiger partial charge in [0.1, 0.15) is 0 Å². The van der Waals surface area contributed by atoms with Crippen molar-refractivity contribution in [3.63, 3.8) is 0 Å². The Hall–Kier alpha value is -3.78. The van der Waals surface area contributed by atoms with E-state index in [0.717, 1.165) is 21.9 Å². The van der Waals surface area contributed by atoms with Gasteiger partial charge in [-0.3, -0.25) is 0 Å². The van der Waals surface area contributed by atoms with Crippen LogP contribution in [0.3, 0.4) is 0 Å². The van der Waals surface area contributed by atoms with Crippen molar-refractivity contribution in [3.05, 3.63) is 153 Å². The van der Waals surface area contributed by atoms with Crippen LogP contribution in [0.2, 0.25) is 0 Å². The summed E-state index contributed by atoms with van der Waals surface area (Å²) < 4.78 is 138. The predicted molar refractivity (Wildman–Crippen MR) is 149 cm³/mol. The van der Waals surface area contributed by atoms with Crippen LogP contribution in [-0.4, -0.2) is 12.4 Å². The first-order chi connectivity index (χ1) is 21.4. The molecule has 0 aliphatic heterocycles. The van der Waals surface area contributed by atoms with Gasteiger partial charge in [-0.15, -0.1) is 0 Å². The molecule has 0 amide bonds. The quantitative estimate of drug-likeness (QED) is 0.0881. The van der Waals surface area contributed by atoms with E-state index < -0.39 is 103 Å². The van der Waals surface area contributed by atoms with E-state index in [0.29, 0.717) is 6.92 Å². The minimum absolute atomic E-state index is 0.337. The topological polar surface area (TPSA) is 0 Å². The van der Waals surface area contributed by atoms with Gasteiger partial charge in [-0.05, 0) is 0 Å². The number of benzene rings is 4. The summed E-state index contributed by atoms with van der Waals surface area (Å²) in [7, 11) is 0. The number of rotatable bonds is 4. The summed E-state index contributed by atoms with van der Waals surface area (Å²) >= 11 is -0.566. The van der Waals surface area contributed by atoms with Crippen molar-refractivity contribution in [2.45, 2.75) is 10.5 Å². The number of allylic oxidation sites excluding steroid dienone is 5. The molecule has 0 radical (unpaired) electrons. The molecule has 0 saturated heterocycles. The average molecular weight is 706 g/mol. The van der Waals surface area contributed by atoms with Crippen molar-refractivity contribution in [2.24, 2.45) is 0 Å². The summed E-state index contributed by atoms with van der Waals surface area (Å²) in [6, 6.07) is 19.9. The van der Waals surface area contributed by atoms with Crippen LogP contribution in [-0.2, 0) is 23.2 Å². The Kier molecular flexibility index (Phi) is 9.63. The predicted octanol–water partition coefficient (Wildman–Crippen LogP) is 7.79. The van der Waals surface area contributed by atoms with Gasteiger partial charge >= 0.3 is 264 Å². The first-order valence-corrected chi connectivity index (χ1v) is 15.8. The summed E-state index contributed by atoms with van der Waals surface area (Å²) in [6.07, 6.45) is 5.15. The van der Waals surface area contributed by atoms with Crippen molar-refractivity contribution in [1.82, 2.24) is 0 Å². The van der Waals surface area contributed by atoms with E-state index in [1.807, 2.05) is 0 Å². The van der Waals surface area contributed by atoms with Gasteiger partial charge < -0.3 is 0 Å². The molecule has 0 heterocycles. The van der Waals surface area contributed by atoms with Gasteiger partial charge in [-0.2, -0.15) is 0 Å². The molecule has 4 aromatic carbocycles. The van der Waals surface area contributed by atoms with E-state index in [1.54, 1.807) is 14.4 Å². The molecule has 0 saturated carbocycles. The second kappa shape index (κ2) is 13.3. The molecule has 1 atom stereocenters. The first kappa shape index (κ1) is 32.6. The van der Waals surface area contributed by atoms with Crippen molar-refractivity contribution in [2.75, 3.05) is 0 Å². The Bertz CT molecular complexity index is 1890. The number of halogens is 10. The van der Waals surface area contributed by atoms with Crippen LogP contribution < -0.4 is 8.73 Å². The molecule has 0 bridgehead atoms. The molecule has 1 unspecified atom stereocenters. The molecule has 0 spiro atoms. The fourth-order valence-corrected chi connectivity index (χ4v) is 8.46. The van der Waals surface area contributed by atoms with Gasteiger partial charge in [-0.1, -0.05) is 0 Å². The van der Waals surface area contributed by atoms with Gasteiger partial charge in [0.15, 0.2) is 0 Å². The summed E-state index contributed by atoms with van der Waals surface area (Å²) in [4.78, 5) is 0. The minimum atomic E-state index is -2.42. The molecule has 6 rings (SSSR count). The molecule has 0 N–H and O–H groups in total. The van der Waals surface area contributed by atoms with Gasteiger partial charge in [0.25, 0.3) is 0 Å². The monoisotopic (exact) mass is 704 g/mol. The third kappa shape index (κ3) is 6.22. The van der Waals surface area contributed by atoms with Gasteiger partial charge in [0.05, 0.1) is 0 Å². The summed E-state index contributed by atoms with van der Waals surface area (Å²) in [5.74, 6) is -22.8. The zero-order valence-electron chi connectivity index (χ0n) is 22.9. The fraction of sp³-hybridized carbons (Fsp3) is 0.0606. The maximum absolute atomic E-state index is 14.0. The van der Waals surface area contributed by atoms with Crippen LogP contribution in [0, 0.1) is 58.2 Å². The molecule has 4 aromatic rings. The van der Waals surface area contributed by atoms with Gasteiger partial charge in [0, 0.05) is 0 Å². The van der Waals surface area contributed by atoms with Gasteiger partial charge in [-0.25, -0.2) is 0 Å². The summed E-state index contributed by atoms with van der Waals surface area (Å²) in [6.45, 7) is 2.62. The molecule has 0 fully saturated rings. The second-order valence-corrected chi connectivity index (χ2v) is 13.5. The number of hydrogen-bond acceptors (Lipinski definition) is 0. The molecule has 0 nitrogen and oxygen atoms in total. The zero-order valence-corrected chi connectivity index (χ0v) is 25.4. The van der Waals surface area contributed by atoms with Crippen LogP contribution in [0.15, 0.2) is 78.4 Å². The van der Waals surface area contributed by atoms with Crippen LogP contribution in [0.4, 0.5) is 43.9 Å². The van der Waals surface area contributed by atoms with Crippen LogP contribution in [0.1, 0.15) is 27.2 Å². The Labute approximate surface area is 262 Å². The molecule has 2 aliphatic rings. The van der Waals surface area contributed by atoms with Gasteiger partial charge in [0.2, 0.25) is 0 Å². The molecule has 45 heavy (non-hydrogen) atoms. The Balaban J connectivity index is 0.000000200. The molecule has 2 aliphatic carbocycles. The molecule has 12 heteroatoms. The molecular weight excluding hydrogens is 688 g/mol. The Morgan fingerprint density at radius 2 is 1.11 bits per heavy atom. The number of hydrogen-bond donors (Lipinski definition) is 0. The molecular formula is C33H17BF10Zr. The van der Waals surface area contributed by atoms with Crippen molar-refractivity contribution in [1.29, 1.82) is 0 Å².